The van der Waals surface area contributed by atoms with Crippen molar-refractivity contribution in [2.45, 2.75) is 76.5 Å². The molecule has 1 amide bonds. The zero-order valence-corrected chi connectivity index (χ0v) is 19.4. The molecule has 0 radical (unpaired) electrons. The Labute approximate surface area is 197 Å². The minimum absolute atomic E-state index is 0.0883. The minimum atomic E-state index is -1.23. The summed E-state index contributed by atoms with van der Waals surface area (Å²) in [5, 5.41) is 36.4. The van der Waals surface area contributed by atoms with Gasteiger partial charge in [0.25, 0.3) is 5.91 Å². The van der Waals surface area contributed by atoms with Gasteiger partial charge >= 0.3 is 5.97 Å². The van der Waals surface area contributed by atoms with Crippen LogP contribution in [0.3, 0.4) is 0 Å². The van der Waals surface area contributed by atoms with E-state index in [1.807, 2.05) is 13.8 Å². The number of aliphatic hydroxyl groups is 2. The van der Waals surface area contributed by atoms with Gasteiger partial charge in [0.1, 0.15) is 12.4 Å². The minimum Gasteiger partial charge on any atom is -0.481 e. The van der Waals surface area contributed by atoms with Crippen molar-refractivity contribution in [1.82, 2.24) is 15.1 Å². The van der Waals surface area contributed by atoms with E-state index in [1.165, 1.54) is 28.9 Å². The molecule has 0 bridgehead atoms. The number of halogens is 1. The highest BCUT2D eigenvalue weighted by atomic mass is 19.1. The first-order valence-corrected chi connectivity index (χ1v) is 11.6. The van der Waals surface area contributed by atoms with E-state index in [4.69, 9.17) is 9.84 Å². The normalized spacial score (nSPS) is 15.9. The summed E-state index contributed by atoms with van der Waals surface area (Å²) < 4.78 is 20.8. The number of hydrogen-bond donors (Lipinski definition) is 4. The maximum absolute atomic E-state index is 13.5. The number of carboxylic acid groups (broad SMARTS) is 1. The zero-order chi connectivity index (χ0) is 24.8. The van der Waals surface area contributed by atoms with Gasteiger partial charge in [0.15, 0.2) is 5.69 Å². The summed E-state index contributed by atoms with van der Waals surface area (Å²) in [4.78, 5) is 23.9. The van der Waals surface area contributed by atoms with Crippen molar-refractivity contribution in [1.29, 1.82) is 0 Å². The van der Waals surface area contributed by atoms with E-state index in [2.05, 4.69) is 10.4 Å². The van der Waals surface area contributed by atoms with E-state index in [-0.39, 0.29) is 42.5 Å². The highest BCUT2D eigenvalue weighted by Crippen LogP contribution is 2.33. The lowest BCUT2D eigenvalue weighted by Gasteiger charge is -2.18. The van der Waals surface area contributed by atoms with Crippen molar-refractivity contribution in [2.24, 2.45) is 0 Å². The molecule has 1 aromatic heterocycles. The summed E-state index contributed by atoms with van der Waals surface area (Å²) in [6.07, 6.45) is 0.886. The predicted molar refractivity (Wildman–Crippen MR) is 122 cm³/mol. The van der Waals surface area contributed by atoms with Crippen molar-refractivity contribution in [3.05, 3.63) is 41.3 Å². The van der Waals surface area contributed by atoms with Gasteiger partial charge in [0, 0.05) is 18.0 Å². The fourth-order valence-corrected chi connectivity index (χ4v) is 4.16. The standard InChI is InChI=1S/C24H32FN3O6/c1-14(2)21-22(23(33)26-16-5-3-4-6-16)27-28(17-9-7-15(25)8-10-17)24(21)34-13-19(30)11-18(29)12-20(31)32/h7-10,14,16,18-19,29-30H,3-6,11-13H2,1-2H3,(H,26,33)(H,31,32)/t18-,19+/m1/s1. The Morgan fingerprint density at radius 2 is 1.82 bits per heavy atom. The quantitative estimate of drug-likeness (QED) is 0.391. The van der Waals surface area contributed by atoms with Crippen LogP contribution in [-0.4, -0.2) is 61.8 Å². The first kappa shape index (κ1) is 25.6. The molecule has 0 aliphatic heterocycles. The van der Waals surface area contributed by atoms with Crippen LogP contribution < -0.4 is 10.1 Å². The molecule has 1 aromatic carbocycles. The Morgan fingerprint density at radius 3 is 2.41 bits per heavy atom. The molecule has 34 heavy (non-hydrogen) atoms. The van der Waals surface area contributed by atoms with Gasteiger partial charge in [-0.15, -0.1) is 0 Å². The summed E-state index contributed by atoms with van der Waals surface area (Å²) in [7, 11) is 0. The molecule has 1 aliphatic carbocycles. The lowest BCUT2D eigenvalue weighted by Crippen LogP contribution is -2.33. The van der Waals surface area contributed by atoms with Gasteiger partial charge in [0.2, 0.25) is 5.88 Å². The van der Waals surface area contributed by atoms with Gasteiger partial charge in [-0.3, -0.25) is 9.59 Å². The van der Waals surface area contributed by atoms with E-state index in [1.54, 1.807) is 0 Å². The molecule has 186 valence electrons. The number of carbonyl (C=O) groups excluding carboxylic acids is 1. The number of aliphatic carboxylic acids is 1. The van der Waals surface area contributed by atoms with E-state index in [0.29, 0.717) is 11.3 Å². The van der Waals surface area contributed by atoms with Crippen molar-refractivity contribution >= 4 is 11.9 Å². The molecule has 1 saturated carbocycles. The van der Waals surface area contributed by atoms with Gasteiger partial charge in [0.05, 0.1) is 24.3 Å². The number of carboxylic acids is 1. The third-order valence-corrected chi connectivity index (χ3v) is 5.80. The molecule has 1 fully saturated rings. The Morgan fingerprint density at radius 1 is 1.18 bits per heavy atom. The molecular weight excluding hydrogens is 445 g/mol. The number of nitrogens with one attached hydrogen (secondary N) is 1. The van der Waals surface area contributed by atoms with Crippen LogP contribution in [0.5, 0.6) is 5.88 Å². The molecule has 1 aliphatic rings. The predicted octanol–water partition coefficient (Wildman–Crippen LogP) is 2.77. The Bertz CT molecular complexity index is 985. The van der Waals surface area contributed by atoms with Crippen LogP contribution in [0.4, 0.5) is 4.39 Å². The van der Waals surface area contributed by atoms with Gasteiger partial charge < -0.3 is 25.4 Å². The first-order chi connectivity index (χ1) is 16.2. The van der Waals surface area contributed by atoms with Gasteiger partial charge in [-0.2, -0.15) is 5.10 Å². The number of ether oxygens (including phenoxy) is 1. The van der Waals surface area contributed by atoms with Crippen molar-refractivity contribution < 1.29 is 34.0 Å². The second-order valence-electron chi connectivity index (χ2n) is 9.02. The smallest absolute Gasteiger partial charge is 0.305 e. The van der Waals surface area contributed by atoms with Crippen LogP contribution in [0, 0.1) is 5.82 Å². The molecule has 9 nitrogen and oxygen atoms in total. The molecule has 0 spiro atoms. The molecule has 3 rings (SSSR count). The summed E-state index contributed by atoms with van der Waals surface area (Å²) in [6.45, 7) is 3.52. The number of rotatable bonds is 11. The van der Waals surface area contributed by atoms with Crippen LogP contribution in [0.15, 0.2) is 24.3 Å². The molecule has 1 heterocycles. The lowest BCUT2D eigenvalue weighted by atomic mass is 10.0. The van der Waals surface area contributed by atoms with E-state index < -0.39 is 30.4 Å². The number of aliphatic hydroxyl groups excluding tert-OH is 2. The van der Waals surface area contributed by atoms with Crippen LogP contribution in [0.1, 0.15) is 74.3 Å². The van der Waals surface area contributed by atoms with Gasteiger partial charge in [-0.05, 0) is 43.0 Å². The fraction of sp³-hybridized carbons (Fsp3) is 0.542. The SMILES string of the molecule is CC(C)c1c(C(=O)NC2CCCC2)nn(-c2ccc(F)cc2)c1OC[C@@H](O)C[C@@H](O)CC(=O)O. The lowest BCUT2D eigenvalue weighted by molar-refractivity contribution is -0.139. The zero-order valence-electron chi connectivity index (χ0n) is 19.4. The van der Waals surface area contributed by atoms with Crippen LogP contribution >= 0.6 is 0 Å². The Hall–Kier alpha value is -2.98. The van der Waals surface area contributed by atoms with Crippen molar-refractivity contribution in [3.8, 4) is 11.6 Å². The fourth-order valence-electron chi connectivity index (χ4n) is 4.16. The van der Waals surface area contributed by atoms with E-state index in [9.17, 15) is 24.2 Å². The number of carbonyl (C=O) groups is 2. The molecule has 0 saturated heterocycles. The molecule has 10 heteroatoms. The molecule has 2 atom stereocenters. The largest absolute Gasteiger partial charge is 0.481 e. The first-order valence-electron chi connectivity index (χ1n) is 11.6. The summed E-state index contributed by atoms with van der Waals surface area (Å²) in [6, 6.07) is 5.64. The third-order valence-electron chi connectivity index (χ3n) is 5.80. The van der Waals surface area contributed by atoms with Gasteiger partial charge in [-0.1, -0.05) is 26.7 Å². The summed E-state index contributed by atoms with van der Waals surface area (Å²) >= 11 is 0. The molecule has 0 unspecified atom stereocenters. The maximum atomic E-state index is 13.5. The Balaban J connectivity index is 1.90. The monoisotopic (exact) mass is 477 g/mol. The number of benzene rings is 1. The van der Waals surface area contributed by atoms with Crippen LogP contribution in [0.25, 0.3) is 5.69 Å². The second kappa shape index (κ2) is 11.4. The van der Waals surface area contributed by atoms with Crippen molar-refractivity contribution in [2.75, 3.05) is 6.61 Å². The summed E-state index contributed by atoms with van der Waals surface area (Å²) in [5.74, 6) is -1.86. The average molecular weight is 478 g/mol. The van der Waals surface area contributed by atoms with Gasteiger partial charge in [-0.25, -0.2) is 9.07 Å². The molecule has 4 N–H and O–H groups in total. The Kier molecular flexibility index (Phi) is 8.62. The number of nitrogens with zero attached hydrogens (tertiary/aromatic N) is 2. The highest BCUT2D eigenvalue weighted by molar-refractivity contribution is 5.95. The average Bonchev–Trinajstić information content (AvgIpc) is 3.39. The van der Waals surface area contributed by atoms with E-state index in [0.717, 1.165) is 25.7 Å². The van der Waals surface area contributed by atoms with E-state index >= 15 is 0 Å². The van der Waals surface area contributed by atoms with Crippen LogP contribution in [-0.2, 0) is 4.79 Å². The molecular formula is C24H32FN3O6. The number of amides is 1. The topological polar surface area (TPSA) is 134 Å². The van der Waals surface area contributed by atoms with Crippen molar-refractivity contribution in [3.63, 3.8) is 0 Å². The molecule has 2 aromatic rings. The highest BCUT2D eigenvalue weighted by Gasteiger charge is 2.29. The van der Waals surface area contributed by atoms with Crippen LogP contribution in [0.2, 0.25) is 0 Å². The third kappa shape index (κ3) is 6.54. The maximum Gasteiger partial charge on any atom is 0.305 e. The number of aromatic nitrogens is 2. The second-order valence-corrected chi connectivity index (χ2v) is 9.02. The summed E-state index contributed by atoms with van der Waals surface area (Å²) in [5.41, 5.74) is 1.21. The number of hydrogen-bond acceptors (Lipinski definition) is 6.